The number of hydrogen-bond donors (Lipinski definition) is 2. The molecule has 0 aromatic heterocycles. The minimum absolute atomic E-state index is 0.292. The van der Waals surface area contributed by atoms with E-state index in [4.69, 9.17) is 21.4 Å². The van der Waals surface area contributed by atoms with Crippen molar-refractivity contribution in [2.75, 3.05) is 18.5 Å². The van der Waals surface area contributed by atoms with Gasteiger partial charge in [0.05, 0.1) is 12.2 Å². The van der Waals surface area contributed by atoms with Gasteiger partial charge in [0, 0.05) is 17.3 Å². The van der Waals surface area contributed by atoms with Gasteiger partial charge in [0.15, 0.2) is 0 Å². The van der Waals surface area contributed by atoms with Crippen LogP contribution in [-0.2, 0) is 0 Å². The van der Waals surface area contributed by atoms with Gasteiger partial charge in [-0.1, -0.05) is 23.7 Å². The zero-order valence-electron chi connectivity index (χ0n) is 13.9. The quantitative estimate of drug-likeness (QED) is 0.665. The van der Waals surface area contributed by atoms with Crippen LogP contribution in [0, 0.1) is 13.8 Å². The first-order valence-electron chi connectivity index (χ1n) is 7.95. The molecule has 0 bridgehead atoms. The molecule has 0 atom stereocenters. The van der Waals surface area contributed by atoms with E-state index in [1.165, 1.54) is 0 Å². The van der Waals surface area contributed by atoms with Crippen LogP contribution in [-0.4, -0.2) is 24.2 Å². The number of carbonyl (C=O) groups is 1. The van der Waals surface area contributed by atoms with Crippen LogP contribution < -0.4 is 10.1 Å². The highest BCUT2D eigenvalue weighted by molar-refractivity contribution is 6.32. The number of anilines is 1. The van der Waals surface area contributed by atoms with Crippen LogP contribution in [0.5, 0.6) is 5.75 Å². The SMILES string of the molecule is Cc1cc(OCCCCNc2ccccc2C(=O)O)cc(C)c1Cl. The Balaban J connectivity index is 1.74. The number of halogens is 1. The summed E-state index contributed by atoms with van der Waals surface area (Å²) in [5.74, 6) is -0.0894. The summed E-state index contributed by atoms with van der Waals surface area (Å²) in [5, 5.41) is 13.1. The van der Waals surface area contributed by atoms with Crippen molar-refractivity contribution >= 4 is 23.3 Å². The van der Waals surface area contributed by atoms with Crippen LogP contribution in [0.15, 0.2) is 36.4 Å². The van der Waals surface area contributed by atoms with Gasteiger partial charge >= 0.3 is 5.97 Å². The molecule has 24 heavy (non-hydrogen) atoms. The summed E-state index contributed by atoms with van der Waals surface area (Å²) in [6.07, 6.45) is 1.77. The number of aromatic carboxylic acids is 1. The van der Waals surface area contributed by atoms with Crippen LogP contribution in [0.4, 0.5) is 5.69 Å². The van der Waals surface area contributed by atoms with Gasteiger partial charge in [-0.25, -0.2) is 4.79 Å². The van der Waals surface area contributed by atoms with Crippen molar-refractivity contribution in [2.24, 2.45) is 0 Å². The normalized spacial score (nSPS) is 10.5. The number of unbranched alkanes of at least 4 members (excludes halogenated alkanes) is 1. The Kier molecular flexibility index (Phi) is 6.50. The van der Waals surface area contributed by atoms with Crippen LogP contribution in [0.25, 0.3) is 0 Å². The topological polar surface area (TPSA) is 58.6 Å². The Morgan fingerprint density at radius 3 is 2.50 bits per heavy atom. The molecular formula is C19H22ClNO3. The van der Waals surface area contributed by atoms with E-state index in [0.29, 0.717) is 24.4 Å². The molecular weight excluding hydrogens is 326 g/mol. The average molecular weight is 348 g/mol. The monoisotopic (exact) mass is 347 g/mol. The molecule has 2 aromatic carbocycles. The first kappa shape index (κ1) is 18.1. The number of ether oxygens (including phenoxy) is 1. The highest BCUT2D eigenvalue weighted by Crippen LogP contribution is 2.26. The summed E-state index contributed by atoms with van der Waals surface area (Å²) < 4.78 is 5.76. The summed E-state index contributed by atoms with van der Waals surface area (Å²) in [5.41, 5.74) is 2.97. The van der Waals surface area contributed by atoms with Crippen molar-refractivity contribution in [1.82, 2.24) is 0 Å². The number of carboxylic acids is 1. The molecule has 0 heterocycles. The second-order valence-electron chi connectivity index (χ2n) is 5.70. The molecule has 0 amide bonds. The van der Waals surface area contributed by atoms with Gasteiger partial charge in [-0.05, 0) is 62.1 Å². The molecule has 128 valence electrons. The number of aryl methyl sites for hydroxylation is 2. The molecule has 0 saturated carbocycles. The number of benzene rings is 2. The van der Waals surface area contributed by atoms with Crippen molar-refractivity contribution in [1.29, 1.82) is 0 Å². The highest BCUT2D eigenvalue weighted by Gasteiger charge is 2.08. The van der Waals surface area contributed by atoms with Crippen molar-refractivity contribution in [3.05, 3.63) is 58.1 Å². The van der Waals surface area contributed by atoms with Gasteiger partial charge in [0.2, 0.25) is 0 Å². The van der Waals surface area contributed by atoms with Crippen LogP contribution >= 0.6 is 11.6 Å². The van der Waals surface area contributed by atoms with Crippen molar-refractivity contribution < 1.29 is 14.6 Å². The molecule has 0 unspecified atom stereocenters. The standard InChI is InChI=1S/C19H22ClNO3/c1-13-11-15(12-14(2)18(13)20)24-10-6-5-9-21-17-8-4-3-7-16(17)19(22)23/h3-4,7-8,11-12,21H,5-6,9-10H2,1-2H3,(H,22,23). The lowest BCUT2D eigenvalue weighted by Gasteiger charge is -2.11. The number of para-hydroxylation sites is 1. The molecule has 0 spiro atoms. The lowest BCUT2D eigenvalue weighted by molar-refractivity contribution is 0.0698. The van der Waals surface area contributed by atoms with E-state index in [-0.39, 0.29) is 0 Å². The molecule has 0 saturated heterocycles. The van der Waals surface area contributed by atoms with Gasteiger partial charge in [0.25, 0.3) is 0 Å². The number of nitrogens with one attached hydrogen (secondary N) is 1. The van der Waals surface area contributed by atoms with Gasteiger partial charge in [-0.15, -0.1) is 0 Å². The molecule has 5 heteroatoms. The van der Waals surface area contributed by atoms with E-state index in [0.717, 1.165) is 34.7 Å². The molecule has 0 aliphatic rings. The van der Waals surface area contributed by atoms with Crippen LogP contribution in [0.1, 0.15) is 34.3 Å². The fourth-order valence-electron chi connectivity index (χ4n) is 2.45. The Morgan fingerprint density at radius 2 is 1.83 bits per heavy atom. The third kappa shape index (κ3) is 4.90. The fourth-order valence-corrected chi connectivity index (χ4v) is 2.56. The largest absolute Gasteiger partial charge is 0.494 e. The van der Waals surface area contributed by atoms with E-state index in [1.54, 1.807) is 18.2 Å². The summed E-state index contributed by atoms with van der Waals surface area (Å²) >= 11 is 6.14. The number of hydrogen-bond acceptors (Lipinski definition) is 3. The average Bonchev–Trinajstić information content (AvgIpc) is 2.56. The van der Waals surface area contributed by atoms with Crippen molar-refractivity contribution in [3.8, 4) is 5.75 Å². The second kappa shape index (κ2) is 8.60. The molecule has 2 aromatic rings. The first-order chi connectivity index (χ1) is 11.5. The molecule has 0 aliphatic carbocycles. The molecule has 0 radical (unpaired) electrons. The second-order valence-corrected chi connectivity index (χ2v) is 6.08. The van der Waals surface area contributed by atoms with Gasteiger partial charge < -0.3 is 15.2 Å². The van der Waals surface area contributed by atoms with Gasteiger partial charge in [-0.2, -0.15) is 0 Å². The Hall–Kier alpha value is -2.20. The predicted molar refractivity (Wildman–Crippen MR) is 97.5 cm³/mol. The molecule has 0 fully saturated rings. The third-order valence-corrected chi connectivity index (χ3v) is 4.32. The lowest BCUT2D eigenvalue weighted by atomic mass is 10.1. The maximum Gasteiger partial charge on any atom is 0.337 e. The van der Waals surface area contributed by atoms with E-state index in [1.807, 2.05) is 32.0 Å². The maximum absolute atomic E-state index is 11.1. The zero-order chi connectivity index (χ0) is 17.5. The highest BCUT2D eigenvalue weighted by atomic mass is 35.5. The molecule has 2 N–H and O–H groups in total. The minimum atomic E-state index is -0.921. The maximum atomic E-state index is 11.1. The van der Waals surface area contributed by atoms with E-state index >= 15 is 0 Å². The molecule has 0 aliphatic heterocycles. The van der Waals surface area contributed by atoms with E-state index in [2.05, 4.69) is 5.32 Å². The van der Waals surface area contributed by atoms with Crippen molar-refractivity contribution in [2.45, 2.75) is 26.7 Å². The molecule has 2 rings (SSSR count). The van der Waals surface area contributed by atoms with Gasteiger partial charge in [0.1, 0.15) is 5.75 Å². The first-order valence-corrected chi connectivity index (χ1v) is 8.32. The summed E-state index contributed by atoms with van der Waals surface area (Å²) in [4.78, 5) is 11.1. The number of rotatable bonds is 8. The predicted octanol–water partition coefficient (Wildman–Crippen LogP) is 4.93. The summed E-state index contributed by atoms with van der Waals surface area (Å²) in [6.45, 7) is 5.24. The smallest absolute Gasteiger partial charge is 0.337 e. The fraction of sp³-hybridized carbons (Fsp3) is 0.316. The van der Waals surface area contributed by atoms with Gasteiger partial charge in [-0.3, -0.25) is 0 Å². The van der Waals surface area contributed by atoms with Crippen LogP contribution in [0.2, 0.25) is 5.02 Å². The van der Waals surface area contributed by atoms with Crippen molar-refractivity contribution in [3.63, 3.8) is 0 Å². The Morgan fingerprint density at radius 1 is 1.17 bits per heavy atom. The molecule has 4 nitrogen and oxygen atoms in total. The summed E-state index contributed by atoms with van der Waals surface area (Å²) in [6, 6.07) is 10.8. The van der Waals surface area contributed by atoms with Crippen LogP contribution in [0.3, 0.4) is 0 Å². The van der Waals surface area contributed by atoms with E-state index in [9.17, 15) is 4.79 Å². The third-order valence-electron chi connectivity index (χ3n) is 3.72. The summed E-state index contributed by atoms with van der Waals surface area (Å²) in [7, 11) is 0. The zero-order valence-corrected chi connectivity index (χ0v) is 14.7. The Bertz CT molecular complexity index is 693. The minimum Gasteiger partial charge on any atom is -0.494 e. The Labute approximate surface area is 147 Å². The van der Waals surface area contributed by atoms with E-state index < -0.39 is 5.97 Å². The number of carboxylic acid groups (broad SMARTS) is 1. The lowest BCUT2D eigenvalue weighted by Crippen LogP contribution is -2.08.